The van der Waals surface area contributed by atoms with Crippen LogP contribution >= 0.6 is 0 Å². The lowest BCUT2D eigenvalue weighted by molar-refractivity contribution is -0.134. The van der Waals surface area contributed by atoms with Crippen LogP contribution in [0.25, 0.3) is 10.9 Å². The molecule has 132 valence electrons. The van der Waals surface area contributed by atoms with Crippen molar-refractivity contribution in [1.29, 1.82) is 0 Å². The summed E-state index contributed by atoms with van der Waals surface area (Å²) < 4.78 is 5.67. The van der Waals surface area contributed by atoms with Crippen molar-refractivity contribution in [3.63, 3.8) is 0 Å². The summed E-state index contributed by atoms with van der Waals surface area (Å²) in [5.41, 5.74) is 2.22. The Morgan fingerprint density at radius 2 is 1.96 bits per heavy atom. The van der Waals surface area contributed by atoms with Crippen LogP contribution in [0.4, 0.5) is 0 Å². The van der Waals surface area contributed by atoms with Crippen molar-refractivity contribution in [2.75, 3.05) is 20.6 Å². The molecule has 24 heavy (non-hydrogen) atoms. The largest absolute Gasteiger partial charge is 0.426 e. The quantitative estimate of drug-likeness (QED) is 0.395. The number of fused-ring (bicyclic) bond motifs is 1. The molecule has 1 aromatic heterocycles. The Balaban J connectivity index is 2.00. The van der Waals surface area contributed by atoms with Gasteiger partial charge in [0.2, 0.25) is 0 Å². The fourth-order valence-corrected chi connectivity index (χ4v) is 2.89. The number of carbonyl (C=O) groups excluding carboxylic acids is 1. The first-order chi connectivity index (χ1) is 11.6. The number of nitrogens with one attached hydrogen (secondary N) is 1. The van der Waals surface area contributed by atoms with Crippen LogP contribution in [0.3, 0.4) is 0 Å². The van der Waals surface area contributed by atoms with Gasteiger partial charge in [0.15, 0.2) is 0 Å². The Labute approximate surface area is 145 Å². The summed E-state index contributed by atoms with van der Waals surface area (Å²) in [5.74, 6) is 0.555. The highest BCUT2D eigenvalue weighted by molar-refractivity contribution is 5.91. The van der Waals surface area contributed by atoms with Gasteiger partial charge in [0.25, 0.3) is 0 Å². The van der Waals surface area contributed by atoms with Crippen molar-refractivity contribution in [3.8, 4) is 5.75 Å². The molecule has 1 aromatic carbocycles. The number of esters is 1. The Hall–Kier alpha value is -1.81. The van der Waals surface area contributed by atoms with E-state index in [1.807, 2.05) is 24.4 Å². The van der Waals surface area contributed by atoms with Crippen molar-refractivity contribution < 1.29 is 9.53 Å². The summed E-state index contributed by atoms with van der Waals surface area (Å²) in [7, 11) is 4.13. The van der Waals surface area contributed by atoms with E-state index >= 15 is 0 Å². The van der Waals surface area contributed by atoms with Gasteiger partial charge in [-0.15, -0.1) is 0 Å². The molecule has 0 bridgehead atoms. The van der Waals surface area contributed by atoms with Crippen LogP contribution in [-0.4, -0.2) is 36.5 Å². The third kappa shape index (κ3) is 5.38. The zero-order chi connectivity index (χ0) is 17.4. The van der Waals surface area contributed by atoms with E-state index in [-0.39, 0.29) is 5.97 Å². The molecule has 4 nitrogen and oxygen atoms in total. The van der Waals surface area contributed by atoms with Gasteiger partial charge in [-0.25, -0.2) is 0 Å². The van der Waals surface area contributed by atoms with Crippen LogP contribution in [0.2, 0.25) is 0 Å². The first-order valence-electron chi connectivity index (χ1n) is 9.06. The normalized spacial score (nSPS) is 11.3. The number of unbranched alkanes of at least 4 members (excludes halogenated alkanes) is 4. The number of benzene rings is 1. The van der Waals surface area contributed by atoms with E-state index in [1.165, 1.54) is 24.8 Å². The molecule has 0 unspecified atom stereocenters. The van der Waals surface area contributed by atoms with E-state index < -0.39 is 0 Å². The number of H-pyrrole nitrogens is 1. The number of ether oxygens (including phenoxy) is 1. The van der Waals surface area contributed by atoms with E-state index in [0.29, 0.717) is 12.2 Å². The summed E-state index contributed by atoms with van der Waals surface area (Å²) in [6.45, 7) is 3.16. The minimum atomic E-state index is -0.126. The van der Waals surface area contributed by atoms with Crippen LogP contribution < -0.4 is 4.74 Å². The minimum Gasteiger partial charge on any atom is -0.426 e. The lowest BCUT2D eigenvalue weighted by Gasteiger charge is -2.10. The SMILES string of the molecule is CCCCCCCC(=O)Oc1cccc2[nH]cc(CCN(C)C)c12. The summed E-state index contributed by atoms with van der Waals surface area (Å²) >= 11 is 0. The molecule has 4 heteroatoms. The molecule has 1 heterocycles. The van der Waals surface area contributed by atoms with Crippen LogP contribution in [0, 0.1) is 0 Å². The van der Waals surface area contributed by atoms with Crippen molar-refractivity contribution >= 4 is 16.9 Å². The molecule has 0 atom stereocenters. The smallest absolute Gasteiger partial charge is 0.311 e. The summed E-state index contributed by atoms with van der Waals surface area (Å²) in [5, 5.41) is 1.04. The average Bonchev–Trinajstić information content (AvgIpc) is 2.97. The zero-order valence-corrected chi connectivity index (χ0v) is 15.2. The number of carbonyl (C=O) groups is 1. The minimum absolute atomic E-state index is 0.126. The van der Waals surface area contributed by atoms with Gasteiger partial charge in [0.1, 0.15) is 5.75 Å². The highest BCUT2D eigenvalue weighted by atomic mass is 16.5. The molecule has 1 N–H and O–H groups in total. The molecule has 0 saturated carbocycles. The number of rotatable bonds is 10. The van der Waals surface area contributed by atoms with Crippen LogP contribution in [0.1, 0.15) is 51.0 Å². The fraction of sp³-hybridized carbons (Fsp3) is 0.550. The Kier molecular flexibility index (Phi) is 7.32. The van der Waals surface area contributed by atoms with Crippen LogP contribution in [0.15, 0.2) is 24.4 Å². The maximum absolute atomic E-state index is 12.1. The van der Waals surface area contributed by atoms with Gasteiger partial charge in [-0.05, 0) is 44.6 Å². The molecule has 0 fully saturated rings. The fourth-order valence-electron chi connectivity index (χ4n) is 2.89. The van der Waals surface area contributed by atoms with E-state index in [4.69, 9.17) is 4.74 Å². The van der Waals surface area contributed by atoms with E-state index in [1.54, 1.807) is 0 Å². The number of aromatic amines is 1. The highest BCUT2D eigenvalue weighted by Crippen LogP contribution is 2.29. The molecule has 0 aliphatic carbocycles. The van der Waals surface area contributed by atoms with Crippen LogP contribution in [0.5, 0.6) is 5.75 Å². The molecule has 0 amide bonds. The summed E-state index contributed by atoms with van der Waals surface area (Å²) in [4.78, 5) is 17.6. The Morgan fingerprint density at radius 3 is 2.71 bits per heavy atom. The van der Waals surface area contributed by atoms with E-state index in [2.05, 4.69) is 30.9 Å². The number of likely N-dealkylation sites (N-methyl/N-ethyl adjacent to an activating group) is 1. The molecule has 0 radical (unpaired) electrons. The van der Waals surface area contributed by atoms with Gasteiger partial charge in [0.05, 0.1) is 0 Å². The maximum Gasteiger partial charge on any atom is 0.311 e. The van der Waals surface area contributed by atoms with Crippen LogP contribution in [-0.2, 0) is 11.2 Å². The van der Waals surface area contributed by atoms with Gasteiger partial charge in [-0.3, -0.25) is 4.79 Å². The lowest BCUT2D eigenvalue weighted by Crippen LogP contribution is -2.15. The van der Waals surface area contributed by atoms with E-state index in [9.17, 15) is 4.79 Å². The number of hydrogen-bond donors (Lipinski definition) is 1. The Morgan fingerprint density at radius 1 is 1.17 bits per heavy atom. The Bertz CT molecular complexity index is 646. The molecule has 0 spiro atoms. The number of nitrogens with zero attached hydrogens (tertiary/aromatic N) is 1. The predicted molar refractivity (Wildman–Crippen MR) is 99.6 cm³/mol. The number of aromatic nitrogens is 1. The molecule has 0 aliphatic rings. The first kappa shape index (κ1) is 18.5. The maximum atomic E-state index is 12.1. The third-order valence-electron chi connectivity index (χ3n) is 4.29. The second-order valence-electron chi connectivity index (χ2n) is 6.68. The molecule has 0 aliphatic heterocycles. The zero-order valence-electron chi connectivity index (χ0n) is 15.2. The monoisotopic (exact) mass is 330 g/mol. The van der Waals surface area contributed by atoms with Gasteiger partial charge in [-0.2, -0.15) is 0 Å². The van der Waals surface area contributed by atoms with Crippen molar-refractivity contribution in [2.24, 2.45) is 0 Å². The molecular formula is C20H30N2O2. The average molecular weight is 330 g/mol. The second kappa shape index (κ2) is 9.48. The summed E-state index contributed by atoms with van der Waals surface area (Å²) in [6, 6.07) is 5.85. The summed E-state index contributed by atoms with van der Waals surface area (Å²) in [6.07, 6.45) is 9.13. The third-order valence-corrected chi connectivity index (χ3v) is 4.29. The van der Waals surface area contributed by atoms with Crippen molar-refractivity contribution in [3.05, 3.63) is 30.0 Å². The first-order valence-corrected chi connectivity index (χ1v) is 9.06. The van der Waals surface area contributed by atoms with Gasteiger partial charge < -0.3 is 14.6 Å². The predicted octanol–water partition coefficient (Wildman–Crippen LogP) is 4.54. The van der Waals surface area contributed by atoms with Gasteiger partial charge in [0, 0.05) is 30.1 Å². The molecular weight excluding hydrogens is 300 g/mol. The molecule has 0 saturated heterocycles. The van der Waals surface area contributed by atoms with Crippen molar-refractivity contribution in [2.45, 2.75) is 51.9 Å². The molecule has 2 rings (SSSR count). The topological polar surface area (TPSA) is 45.3 Å². The second-order valence-corrected chi connectivity index (χ2v) is 6.68. The lowest BCUT2D eigenvalue weighted by atomic mass is 10.1. The standard InChI is InChI=1S/C20H30N2O2/c1-4-5-6-7-8-12-19(23)24-18-11-9-10-17-20(18)16(15-21-17)13-14-22(2)3/h9-11,15,21H,4-8,12-14H2,1-3H3. The van der Waals surface area contributed by atoms with Gasteiger partial charge in [-0.1, -0.05) is 38.7 Å². The van der Waals surface area contributed by atoms with E-state index in [0.717, 1.165) is 36.7 Å². The molecule has 2 aromatic rings. The van der Waals surface area contributed by atoms with Gasteiger partial charge >= 0.3 is 5.97 Å². The highest BCUT2D eigenvalue weighted by Gasteiger charge is 2.13. The number of hydrogen-bond acceptors (Lipinski definition) is 3. The van der Waals surface area contributed by atoms with Crippen molar-refractivity contribution in [1.82, 2.24) is 9.88 Å².